The van der Waals surface area contributed by atoms with Crippen LogP contribution in [0.2, 0.25) is 0 Å². The predicted molar refractivity (Wildman–Crippen MR) is 74.8 cm³/mol. The van der Waals surface area contributed by atoms with Gasteiger partial charge in [-0.05, 0) is 0 Å². The van der Waals surface area contributed by atoms with E-state index in [1.54, 1.807) is 6.20 Å². The zero-order chi connectivity index (χ0) is 10.7. The van der Waals surface area contributed by atoms with Crippen LogP contribution in [0, 0.1) is 0 Å². The maximum Gasteiger partial charge on any atom is 0.161 e. The van der Waals surface area contributed by atoms with Crippen molar-refractivity contribution >= 4 is 38.7 Å². The van der Waals surface area contributed by atoms with Gasteiger partial charge in [0, 0.05) is 22.7 Å². The third kappa shape index (κ3) is 2.80. The average molecular weight is 345 g/mol. The van der Waals surface area contributed by atoms with E-state index in [4.69, 9.17) is 5.73 Å². The first kappa shape index (κ1) is 13.1. The number of rotatable bonds is 2. The summed E-state index contributed by atoms with van der Waals surface area (Å²) in [5.41, 5.74) is 7.68. The van der Waals surface area contributed by atoms with E-state index in [1.807, 2.05) is 30.3 Å². The molecular formula is C11H11Br2N3. The molecule has 0 aliphatic carbocycles. The summed E-state index contributed by atoms with van der Waals surface area (Å²) in [5, 5.41) is 0.675. The lowest BCUT2D eigenvalue weighted by Gasteiger charge is -2.03. The minimum atomic E-state index is 0. The van der Waals surface area contributed by atoms with E-state index in [2.05, 4.69) is 25.9 Å². The number of hydrogen-bond acceptors (Lipinski definition) is 3. The highest BCUT2D eigenvalue weighted by molar-refractivity contribution is 9.08. The minimum absolute atomic E-state index is 0. The van der Waals surface area contributed by atoms with E-state index >= 15 is 0 Å². The second-order valence-corrected chi connectivity index (χ2v) is 3.66. The van der Waals surface area contributed by atoms with Crippen molar-refractivity contribution in [3.63, 3.8) is 0 Å². The highest BCUT2D eigenvalue weighted by Gasteiger charge is 2.04. The Kier molecular flexibility index (Phi) is 4.89. The van der Waals surface area contributed by atoms with Gasteiger partial charge in [0.05, 0.1) is 0 Å². The number of aromatic nitrogens is 2. The minimum Gasteiger partial charge on any atom is -0.383 e. The number of nitrogen functional groups attached to an aromatic ring is 1. The Morgan fingerprint density at radius 2 is 1.88 bits per heavy atom. The van der Waals surface area contributed by atoms with E-state index in [0.717, 1.165) is 11.1 Å². The SMILES string of the molecule is Br.Nc1nc(-c2ccccc2)ncc1CBr. The molecule has 0 saturated heterocycles. The van der Waals surface area contributed by atoms with Crippen LogP contribution in [0.4, 0.5) is 5.82 Å². The molecule has 1 aromatic carbocycles. The van der Waals surface area contributed by atoms with Crippen molar-refractivity contribution in [2.75, 3.05) is 5.73 Å². The number of nitrogens with two attached hydrogens (primary N) is 1. The first-order chi connectivity index (χ1) is 7.31. The second kappa shape index (κ2) is 5.96. The molecule has 0 radical (unpaired) electrons. The predicted octanol–water partition coefficient (Wildman–Crippen LogP) is 3.20. The van der Waals surface area contributed by atoms with Gasteiger partial charge in [-0.15, -0.1) is 17.0 Å². The van der Waals surface area contributed by atoms with E-state index in [0.29, 0.717) is 17.0 Å². The highest BCUT2D eigenvalue weighted by Crippen LogP contribution is 2.18. The third-order valence-electron chi connectivity index (χ3n) is 2.07. The molecule has 0 fully saturated rings. The van der Waals surface area contributed by atoms with Crippen molar-refractivity contribution in [3.05, 3.63) is 42.1 Å². The number of anilines is 1. The summed E-state index contributed by atoms with van der Waals surface area (Å²) in [5.74, 6) is 1.19. The summed E-state index contributed by atoms with van der Waals surface area (Å²) in [6.45, 7) is 0. The van der Waals surface area contributed by atoms with E-state index in [-0.39, 0.29) is 17.0 Å². The second-order valence-electron chi connectivity index (χ2n) is 3.10. The topological polar surface area (TPSA) is 51.8 Å². The van der Waals surface area contributed by atoms with Crippen molar-refractivity contribution < 1.29 is 0 Å². The molecule has 0 atom stereocenters. The van der Waals surface area contributed by atoms with Crippen LogP contribution in [-0.2, 0) is 5.33 Å². The van der Waals surface area contributed by atoms with Gasteiger partial charge in [0.1, 0.15) is 5.82 Å². The van der Waals surface area contributed by atoms with Gasteiger partial charge in [-0.3, -0.25) is 0 Å². The monoisotopic (exact) mass is 343 g/mol. The van der Waals surface area contributed by atoms with Crippen LogP contribution in [0.1, 0.15) is 5.56 Å². The molecule has 84 valence electrons. The van der Waals surface area contributed by atoms with Gasteiger partial charge in [0.2, 0.25) is 0 Å². The van der Waals surface area contributed by atoms with Crippen LogP contribution >= 0.6 is 32.9 Å². The molecule has 0 saturated carbocycles. The quantitative estimate of drug-likeness (QED) is 0.851. The van der Waals surface area contributed by atoms with Crippen molar-refractivity contribution in [3.8, 4) is 11.4 Å². The Morgan fingerprint density at radius 3 is 2.44 bits per heavy atom. The van der Waals surface area contributed by atoms with Crippen LogP contribution in [0.15, 0.2) is 36.5 Å². The van der Waals surface area contributed by atoms with Gasteiger partial charge >= 0.3 is 0 Å². The van der Waals surface area contributed by atoms with E-state index in [1.165, 1.54) is 0 Å². The molecule has 0 aliphatic rings. The molecule has 16 heavy (non-hydrogen) atoms. The number of benzene rings is 1. The standard InChI is InChI=1S/C11H10BrN3.BrH/c12-6-9-7-14-11(15-10(9)13)8-4-2-1-3-5-8;/h1-5,7H,6H2,(H2,13,14,15);1H. The van der Waals surface area contributed by atoms with Gasteiger partial charge in [-0.25, -0.2) is 9.97 Å². The lowest BCUT2D eigenvalue weighted by Crippen LogP contribution is -1.99. The summed E-state index contributed by atoms with van der Waals surface area (Å²) < 4.78 is 0. The Balaban J connectivity index is 0.00000128. The molecule has 2 aromatic rings. The lowest BCUT2D eigenvalue weighted by atomic mass is 10.2. The van der Waals surface area contributed by atoms with Crippen LogP contribution in [0.25, 0.3) is 11.4 Å². The van der Waals surface area contributed by atoms with Crippen LogP contribution in [0.5, 0.6) is 0 Å². The van der Waals surface area contributed by atoms with Crippen LogP contribution in [0.3, 0.4) is 0 Å². The molecule has 2 N–H and O–H groups in total. The summed E-state index contributed by atoms with van der Waals surface area (Å²) in [4.78, 5) is 8.51. The van der Waals surface area contributed by atoms with Gasteiger partial charge in [-0.2, -0.15) is 0 Å². The summed E-state index contributed by atoms with van der Waals surface area (Å²) in [6.07, 6.45) is 1.75. The van der Waals surface area contributed by atoms with Gasteiger partial charge in [0.25, 0.3) is 0 Å². The Bertz CT molecular complexity index is 460. The summed E-state index contributed by atoms with van der Waals surface area (Å²) in [7, 11) is 0. The summed E-state index contributed by atoms with van der Waals surface area (Å²) in [6, 6.07) is 9.78. The Hall–Kier alpha value is -0.940. The maximum atomic E-state index is 5.79. The lowest BCUT2D eigenvalue weighted by molar-refractivity contribution is 1.14. The molecule has 0 bridgehead atoms. The fraction of sp³-hybridized carbons (Fsp3) is 0.0909. The molecule has 0 aliphatic heterocycles. The fourth-order valence-electron chi connectivity index (χ4n) is 1.25. The molecule has 5 heteroatoms. The van der Waals surface area contributed by atoms with Crippen LogP contribution in [-0.4, -0.2) is 9.97 Å². The van der Waals surface area contributed by atoms with Crippen LogP contribution < -0.4 is 5.73 Å². The molecular weight excluding hydrogens is 334 g/mol. The number of halogens is 2. The van der Waals surface area contributed by atoms with Crippen molar-refractivity contribution in [2.45, 2.75) is 5.33 Å². The van der Waals surface area contributed by atoms with E-state index < -0.39 is 0 Å². The zero-order valence-corrected chi connectivity index (χ0v) is 11.7. The largest absolute Gasteiger partial charge is 0.383 e. The Morgan fingerprint density at radius 1 is 1.19 bits per heavy atom. The number of nitrogens with zero attached hydrogens (tertiary/aromatic N) is 2. The molecule has 1 aromatic heterocycles. The molecule has 2 rings (SSSR count). The smallest absolute Gasteiger partial charge is 0.161 e. The third-order valence-corrected chi connectivity index (χ3v) is 2.68. The van der Waals surface area contributed by atoms with Gasteiger partial charge in [-0.1, -0.05) is 46.3 Å². The van der Waals surface area contributed by atoms with Crippen molar-refractivity contribution in [1.29, 1.82) is 0 Å². The number of hydrogen-bond donors (Lipinski definition) is 1. The normalized spacial score (nSPS) is 9.56. The van der Waals surface area contributed by atoms with Gasteiger partial charge < -0.3 is 5.73 Å². The summed E-state index contributed by atoms with van der Waals surface area (Å²) >= 11 is 3.33. The molecule has 1 heterocycles. The maximum absolute atomic E-state index is 5.79. The molecule has 0 spiro atoms. The first-order valence-corrected chi connectivity index (χ1v) is 5.66. The average Bonchev–Trinajstić information content (AvgIpc) is 2.30. The zero-order valence-electron chi connectivity index (χ0n) is 8.43. The highest BCUT2D eigenvalue weighted by atomic mass is 79.9. The Labute approximate surface area is 113 Å². The molecule has 3 nitrogen and oxygen atoms in total. The first-order valence-electron chi connectivity index (χ1n) is 4.54. The number of alkyl halides is 1. The van der Waals surface area contributed by atoms with E-state index in [9.17, 15) is 0 Å². The molecule has 0 unspecified atom stereocenters. The van der Waals surface area contributed by atoms with Crippen molar-refractivity contribution in [1.82, 2.24) is 9.97 Å². The van der Waals surface area contributed by atoms with Gasteiger partial charge in [0.15, 0.2) is 5.82 Å². The fourth-order valence-corrected chi connectivity index (χ4v) is 1.68. The van der Waals surface area contributed by atoms with Crippen molar-refractivity contribution in [2.24, 2.45) is 0 Å². The molecule has 0 amide bonds.